The van der Waals surface area contributed by atoms with Crippen LogP contribution in [0.4, 0.5) is 5.69 Å². The molecule has 0 unspecified atom stereocenters. The first-order valence-corrected chi connectivity index (χ1v) is 9.47. The molecule has 0 radical (unpaired) electrons. The maximum absolute atomic E-state index is 12.7. The van der Waals surface area contributed by atoms with Crippen LogP contribution in [0.25, 0.3) is 11.0 Å². The molecule has 3 fully saturated rings. The summed E-state index contributed by atoms with van der Waals surface area (Å²) in [5, 5.41) is 7.72. The minimum absolute atomic E-state index is 0.0768. The molecule has 1 amide bonds. The summed E-state index contributed by atoms with van der Waals surface area (Å²) < 4.78 is 5.66. The van der Waals surface area contributed by atoms with Gasteiger partial charge in [-0.05, 0) is 44.6 Å². The third-order valence-electron chi connectivity index (χ3n) is 5.99. The van der Waals surface area contributed by atoms with E-state index >= 15 is 0 Å². The molecule has 0 aromatic carbocycles. The van der Waals surface area contributed by atoms with Gasteiger partial charge in [0.05, 0.1) is 11.9 Å². The molecule has 132 valence electrons. The lowest BCUT2D eigenvalue weighted by Crippen LogP contribution is -2.43. The average Bonchev–Trinajstić information content (AvgIpc) is 3.37. The van der Waals surface area contributed by atoms with Crippen LogP contribution in [-0.2, 0) is 0 Å². The number of piperidine rings is 1. The molecule has 2 aromatic heterocycles. The second-order valence-electron chi connectivity index (χ2n) is 7.60. The van der Waals surface area contributed by atoms with Crippen molar-refractivity contribution in [1.82, 2.24) is 15.6 Å². The van der Waals surface area contributed by atoms with Crippen LogP contribution in [0, 0.1) is 0 Å². The molecule has 3 atom stereocenters. The number of amides is 1. The Bertz CT molecular complexity index is 796. The van der Waals surface area contributed by atoms with Crippen molar-refractivity contribution < 1.29 is 9.21 Å². The molecular formula is C19H24N4O2. The molecule has 3 aliphatic rings. The summed E-state index contributed by atoms with van der Waals surface area (Å²) >= 11 is 0. The third-order valence-corrected chi connectivity index (χ3v) is 5.99. The molecule has 2 N–H and O–H groups in total. The number of furan rings is 1. The Kier molecular flexibility index (Phi) is 3.66. The van der Waals surface area contributed by atoms with Crippen molar-refractivity contribution >= 4 is 22.6 Å². The zero-order valence-corrected chi connectivity index (χ0v) is 14.3. The molecule has 5 heterocycles. The van der Waals surface area contributed by atoms with Gasteiger partial charge in [0.2, 0.25) is 0 Å². The van der Waals surface area contributed by atoms with Crippen LogP contribution in [0.1, 0.15) is 49.0 Å². The van der Waals surface area contributed by atoms with Gasteiger partial charge in [0.25, 0.3) is 5.91 Å². The van der Waals surface area contributed by atoms with Crippen molar-refractivity contribution in [1.29, 1.82) is 0 Å². The highest BCUT2D eigenvalue weighted by Gasteiger charge is 2.39. The highest BCUT2D eigenvalue weighted by molar-refractivity contribution is 5.99. The van der Waals surface area contributed by atoms with E-state index in [2.05, 4.69) is 20.5 Å². The Hall–Kier alpha value is -2.08. The van der Waals surface area contributed by atoms with E-state index in [1.54, 1.807) is 12.5 Å². The minimum Gasteiger partial charge on any atom is -0.460 e. The van der Waals surface area contributed by atoms with Crippen molar-refractivity contribution in [2.24, 2.45) is 0 Å². The number of fused-ring (bicyclic) bond motifs is 3. The standard InChI is InChI=1S/C19H24N4O2/c24-19(22-15-8-12-4-5-14(15)21-12)16-9-13-17(11-25-18(13)10-20-16)23-6-2-1-3-7-23/h9-12,14-15,21H,1-8H2,(H,22,24)/t12-,14+,15-/m1/s1. The molecule has 6 nitrogen and oxygen atoms in total. The van der Waals surface area contributed by atoms with E-state index < -0.39 is 0 Å². The molecule has 2 bridgehead atoms. The van der Waals surface area contributed by atoms with Gasteiger partial charge >= 0.3 is 0 Å². The average molecular weight is 340 g/mol. The quantitative estimate of drug-likeness (QED) is 0.898. The van der Waals surface area contributed by atoms with Crippen LogP contribution in [0.2, 0.25) is 0 Å². The molecule has 0 spiro atoms. The fourth-order valence-electron chi connectivity index (χ4n) is 4.65. The third kappa shape index (κ3) is 2.68. The molecule has 6 heteroatoms. The number of carbonyl (C=O) groups excluding carboxylic acids is 1. The number of nitrogens with one attached hydrogen (secondary N) is 2. The topological polar surface area (TPSA) is 70.4 Å². The Balaban J connectivity index is 1.38. The minimum atomic E-state index is -0.0768. The summed E-state index contributed by atoms with van der Waals surface area (Å²) in [4.78, 5) is 19.4. The number of hydrogen-bond donors (Lipinski definition) is 2. The summed E-state index contributed by atoms with van der Waals surface area (Å²) in [6.45, 7) is 2.10. The summed E-state index contributed by atoms with van der Waals surface area (Å²) in [6, 6.07) is 3.12. The van der Waals surface area contributed by atoms with Crippen LogP contribution in [-0.4, -0.2) is 42.1 Å². The van der Waals surface area contributed by atoms with Gasteiger partial charge in [0, 0.05) is 36.6 Å². The first-order chi connectivity index (χ1) is 12.3. The van der Waals surface area contributed by atoms with Gasteiger partial charge in [-0.3, -0.25) is 4.79 Å². The van der Waals surface area contributed by atoms with Gasteiger partial charge in [-0.15, -0.1) is 0 Å². The Morgan fingerprint density at radius 2 is 2.16 bits per heavy atom. The molecule has 2 aromatic rings. The van der Waals surface area contributed by atoms with Crippen LogP contribution in [0.5, 0.6) is 0 Å². The van der Waals surface area contributed by atoms with E-state index in [0.717, 1.165) is 42.6 Å². The van der Waals surface area contributed by atoms with Gasteiger partial charge in [0.1, 0.15) is 12.0 Å². The largest absolute Gasteiger partial charge is 0.460 e. The van der Waals surface area contributed by atoms with Crippen LogP contribution in [0.3, 0.4) is 0 Å². The lowest BCUT2D eigenvalue weighted by Gasteiger charge is -2.27. The predicted octanol–water partition coefficient (Wildman–Crippen LogP) is 2.44. The molecule has 0 saturated carbocycles. The monoisotopic (exact) mass is 340 g/mol. The van der Waals surface area contributed by atoms with E-state index in [-0.39, 0.29) is 11.9 Å². The maximum Gasteiger partial charge on any atom is 0.270 e. The van der Waals surface area contributed by atoms with E-state index in [0.29, 0.717) is 17.8 Å². The molecule has 5 rings (SSSR count). The number of hydrogen-bond acceptors (Lipinski definition) is 5. The van der Waals surface area contributed by atoms with Gasteiger partial charge in [0.15, 0.2) is 5.58 Å². The Morgan fingerprint density at radius 3 is 2.92 bits per heavy atom. The second-order valence-corrected chi connectivity index (χ2v) is 7.60. The number of nitrogens with zero attached hydrogens (tertiary/aromatic N) is 2. The van der Waals surface area contributed by atoms with Crippen molar-refractivity contribution in [3.63, 3.8) is 0 Å². The van der Waals surface area contributed by atoms with Gasteiger partial charge in [-0.1, -0.05) is 0 Å². The number of pyridine rings is 1. The van der Waals surface area contributed by atoms with Crippen LogP contribution in [0.15, 0.2) is 22.9 Å². The van der Waals surface area contributed by atoms with E-state index in [1.807, 2.05) is 6.07 Å². The molecule has 25 heavy (non-hydrogen) atoms. The molecule has 3 saturated heterocycles. The number of rotatable bonds is 3. The highest BCUT2D eigenvalue weighted by Crippen LogP contribution is 2.32. The lowest BCUT2D eigenvalue weighted by molar-refractivity contribution is 0.0926. The van der Waals surface area contributed by atoms with Gasteiger partial charge < -0.3 is 20.0 Å². The summed E-state index contributed by atoms with van der Waals surface area (Å²) in [5.41, 5.74) is 2.32. The second kappa shape index (κ2) is 6.02. The fraction of sp³-hybridized carbons (Fsp3) is 0.579. The van der Waals surface area contributed by atoms with Gasteiger partial charge in [-0.25, -0.2) is 4.98 Å². The first-order valence-electron chi connectivity index (χ1n) is 9.47. The number of carbonyl (C=O) groups is 1. The van der Waals surface area contributed by atoms with Crippen molar-refractivity contribution in [2.75, 3.05) is 18.0 Å². The van der Waals surface area contributed by atoms with E-state index in [4.69, 9.17) is 4.42 Å². The van der Waals surface area contributed by atoms with Crippen molar-refractivity contribution in [2.45, 2.75) is 56.7 Å². The van der Waals surface area contributed by atoms with Crippen molar-refractivity contribution in [3.8, 4) is 0 Å². The van der Waals surface area contributed by atoms with Crippen LogP contribution < -0.4 is 15.5 Å². The maximum atomic E-state index is 12.7. The summed E-state index contributed by atoms with van der Waals surface area (Å²) in [7, 11) is 0. The predicted molar refractivity (Wildman–Crippen MR) is 95.9 cm³/mol. The fourth-order valence-corrected chi connectivity index (χ4v) is 4.65. The first kappa shape index (κ1) is 15.2. The van der Waals surface area contributed by atoms with Gasteiger partial charge in [-0.2, -0.15) is 0 Å². The van der Waals surface area contributed by atoms with Crippen molar-refractivity contribution in [3.05, 3.63) is 24.2 Å². The summed E-state index contributed by atoms with van der Waals surface area (Å²) in [5.74, 6) is -0.0768. The number of anilines is 1. The zero-order valence-electron chi connectivity index (χ0n) is 14.3. The van der Waals surface area contributed by atoms with Crippen LogP contribution >= 0.6 is 0 Å². The normalized spacial score (nSPS) is 28.6. The summed E-state index contributed by atoms with van der Waals surface area (Å²) in [6.07, 6.45) is 10.6. The Morgan fingerprint density at radius 1 is 1.28 bits per heavy atom. The molecular weight excluding hydrogens is 316 g/mol. The van der Waals surface area contributed by atoms with E-state index in [1.165, 1.54) is 25.7 Å². The molecule has 0 aliphatic carbocycles. The lowest BCUT2D eigenvalue weighted by atomic mass is 9.95. The smallest absolute Gasteiger partial charge is 0.270 e. The molecule has 3 aliphatic heterocycles. The SMILES string of the molecule is O=C(N[C@@H]1C[C@H]2CC[C@@H]1N2)c1cc2c(N3CCCCC3)coc2cn1. The Labute approximate surface area is 147 Å². The van der Waals surface area contributed by atoms with E-state index in [9.17, 15) is 4.79 Å². The highest BCUT2D eigenvalue weighted by atomic mass is 16.3. The number of aromatic nitrogens is 1. The zero-order chi connectivity index (χ0) is 16.8.